The number of hydrogen-bond acceptors (Lipinski definition) is 4. The Kier molecular flexibility index (Phi) is 6.49. The normalized spacial score (nSPS) is 17.5. The average Bonchev–Trinajstić information content (AvgIpc) is 2.74. The molecule has 2 amide bonds. The second-order valence-electron chi connectivity index (χ2n) is 8.30. The zero-order chi connectivity index (χ0) is 21.8. The molecular formula is C24H28ClN3O3. The van der Waals surface area contributed by atoms with Gasteiger partial charge in [-0.05, 0) is 54.8 Å². The molecule has 0 atom stereocenters. The number of likely N-dealkylation sites (N-methyl/N-ethyl adjacent to an activating group) is 1. The molecule has 1 saturated carbocycles. The van der Waals surface area contributed by atoms with Crippen LogP contribution in [-0.2, 0) is 19.7 Å². The summed E-state index contributed by atoms with van der Waals surface area (Å²) >= 11 is 6.15. The molecule has 4 rings (SSSR count). The summed E-state index contributed by atoms with van der Waals surface area (Å²) in [5, 5.41) is 3.52. The number of nitrogens with zero attached hydrogens (tertiary/aromatic N) is 2. The minimum Gasteiger partial charge on any atom is -0.378 e. The second-order valence-corrected chi connectivity index (χ2v) is 8.74. The molecule has 0 bridgehead atoms. The first-order valence-electron chi connectivity index (χ1n) is 10.7. The summed E-state index contributed by atoms with van der Waals surface area (Å²) in [6, 6.07) is 15.3. The van der Waals surface area contributed by atoms with Gasteiger partial charge in [0.25, 0.3) is 0 Å². The summed E-state index contributed by atoms with van der Waals surface area (Å²) in [5.41, 5.74) is 2.19. The highest BCUT2D eigenvalue weighted by Gasteiger charge is 2.47. The molecule has 1 heterocycles. The molecule has 1 N–H and O–H groups in total. The monoisotopic (exact) mass is 441 g/mol. The SMILES string of the molecule is CN(CC(=O)Nc1ccc(N2CCOCC2)cc1)C(=O)C1(c2cccc(Cl)c2)CCC1. The van der Waals surface area contributed by atoms with E-state index in [1.165, 1.54) is 4.90 Å². The van der Waals surface area contributed by atoms with Crippen molar-refractivity contribution in [2.24, 2.45) is 0 Å². The van der Waals surface area contributed by atoms with Crippen molar-refractivity contribution in [3.05, 3.63) is 59.1 Å². The van der Waals surface area contributed by atoms with Crippen molar-refractivity contribution >= 4 is 34.8 Å². The third-order valence-electron chi connectivity index (χ3n) is 6.25. The molecule has 31 heavy (non-hydrogen) atoms. The van der Waals surface area contributed by atoms with Crippen LogP contribution in [0.3, 0.4) is 0 Å². The van der Waals surface area contributed by atoms with Gasteiger partial charge in [-0.3, -0.25) is 9.59 Å². The Balaban J connectivity index is 1.36. The molecule has 1 aliphatic carbocycles. The summed E-state index contributed by atoms with van der Waals surface area (Å²) in [6.45, 7) is 3.21. The first kappa shape index (κ1) is 21.7. The van der Waals surface area contributed by atoms with Crippen molar-refractivity contribution in [2.45, 2.75) is 24.7 Å². The van der Waals surface area contributed by atoms with Crippen molar-refractivity contribution in [3.8, 4) is 0 Å². The van der Waals surface area contributed by atoms with E-state index in [-0.39, 0.29) is 18.4 Å². The Morgan fingerprint density at radius 2 is 1.84 bits per heavy atom. The predicted molar refractivity (Wildman–Crippen MR) is 123 cm³/mol. The molecule has 0 radical (unpaired) electrons. The summed E-state index contributed by atoms with van der Waals surface area (Å²) < 4.78 is 5.39. The van der Waals surface area contributed by atoms with E-state index in [4.69, 9.17) is 16.3 Å². The second kappa shape index (κ2) is 9.28. The van der Waals surface area contributed by atoms with Crippen molar-refractivity contribution in [2.75, 3.05) is 50.1 Å². The number of nitrogens with one attached hydrogen (secondary N) is 1. The van der Waals surface area contributed by atoms with Gasteiger partial charge in [-0.2, -0.15) is 0 Å². The number of rotatable bonds is 6. The summed E-state index contributed by atoms with van der Waals surface area (Å²) in [4.78, 5) is 29.6. The molecule has 2 aliphatic rings. The Labute approximate surface area is 188 Å². The maximum absolute atomic E-state index is 13.3. The first-order valence-corrected chi connectivity index (χ1v) is 11.1. The summed E-state index contributed by atoms with van der Waals surface area (Å²) in [5.74, 6) is -0.241. The van der Waals surface area contributed by atoms with Crippen LogP contribution < -0.4 is 10.2 Å². The molecular weight excluding hydrogens is 414 g/mol. The lowest BCUT2D eigenvalue weighted by atomic mass is 9.63. The highest BCUT2D eigenvalue weighted by molar-refractivity contribution is 6.30. The standard InChI is InChI=1S/C24H28ClN3O3/c1-27(23(30)24(10-3-11-24)18-4-2-5-19(25)16-18)17-22(29)26-20-6-8-21(9-7-20)28-12-14-31-15-13-28/h2,4-9,16H,3,10-15,17H2,1H3,(H,26,29). The van der Waals surface area contributed by atoms with E-state index < -0.39 is 5.41 Å². The summed E-state index contributed by atoms with van der Waals surface area (Å²) in [6.07, 6.45) is 2.55. The van der Waals surface area contributed by atoms with Crippen LogP contribution in [0.15, 0.2) is 48.5 Å². The zero-order valence-electron chi connectivity index (χ0n) is 17.8. The van der Waals surface area contributed by atoms with Crippen LogP contribution in [0.25, 0.3) is 0 Å². The van der Waals surface area contributed by atoms with Crippen LogP contribution in [0, 0.1) is 0 Å². The van der Waals surface area contributed by atoms with E-state index in [9.17, 15) is 9.59 Å². The molecule has 6 nitrogen and oxygen atoms in total. The number of hydrogen-bond donors (Lipinski definition) is 1. The van der Waals surface area contributed by atoms with E-state index in [0.29, 0.717) is 5.02 Å². The summed E-state index contributed by atoms with van der Waals surface area (Å²) in [7, 11) is 1.69. The maximum atomic E-state index is 13.3. The molecule has 2 fully saturated rings. The third-order valence-corrected chi connectivity index (χ3v) is 6.48. The molecule has 164 valence electrons. The van der Waals surface area contributed by atoms with Crippen LogP contribution in [-0.4, -0.2) is 56.6 Å². The minimum absolute atomic E-state index is 0.00631. The molecule has 2 aromatic rings. The number of halogens is 1. The first-order chi connectivity index (χ1) is 15.0. The zero-order valence-corrected chi connectivity index (χ0v) is 18.5. The fourth-order valence-corrected chi connectivity index (χ4v) is 4.56. The Morgan fingerprint density at radius 1 is 1.13 bits per heavy atom. The van der Waals surface area contributed by atoms with Crippen molar-refractivity contribution in [1.29, 1.82) is 0 Å². The number of anilines is 2. The fourth-order valence-electron chi connectivity index (χ4n) is 4.37. The van der Waals surface area contributed by atoms with E-state index in [1.54, 1.807) is 7.05 Å². The smallest absolute Gasteiger partial charge is 0.243 e. The van der Waals surface area contributed by atoms with Gasteiger partial charge in [0.15, 0.2) is 0 Å². The van der Waals surface area contributed by atoms with Crippen molar-refractivity contribution < 1.29 is 14.3 Å². The van der Waals surface area contributed by atoms with Gasteiger partial charge >= 0.3 is 0 Å². The van der Waals surface area contributed by atoms with Crippen LogP contribution in [0.4, 0.5) is 11.4 Å². The van der Waals surface area contributed by atoms with Crippen molar-refractivity contribution in [1.82, 2.24) is 4.90 Å². The largest absolute Gasteiger partial charge is 0.378 e. The maximum Gasteiger partial charge on any atom is 0.243 e. The fraction of sp³-hybridized carbons (Fsp3) is 0.417. The number of amides is 2. The van der Waals surface area contributed by atoms with Crippen LogP contribution >= 0.6 is 11.6 Å². The lowest BCUT2D eigenvalue weighted by molar-refractivity contribution is -0.141. The lowest BCUT2D eigenvalue weighted by Crippen LogP contribution is -2.51. The minimum atomic E-state index is -0.570. The van der Waals surface area contributed by atoms with Crippen LogP contribution in [0.2, 0.25) is 5.02 Å². The topological polar surface area (TPSA) is 61.9 Å². The number of benzene rings is 2. The van der Waals surface area contributed by atoms with E-state index >= 15 is 0 Å². The van der Waals surface area contributed by atoms with Crippen LogP contribution in [0.5, 0.6) is 0 Å². The van der Waals surface area contributed by atoms with Gasteiger partial charge in [0.1, 0.15) is 0 Å². The van der Waals surface area contributed by atoms with Gasteiger partial charge < -0.3 is 19.9 Å². The molecule has 0 unspecified atom stereocenters. The average molecular weight is 442 g/mol. The number of morpholine rings is 1. The van der Waals surface area contributed by atoms with Gasteiger partial charge in [0, 0.05) is 36.5 Å². The molecule has 1 aliphatic heterocycles. The predicted octanol–water partition coefficient (Wildman–Crippen LogP) is 3.70. The molecule has 1 saturated heterocycles. The number of carbonyl (C=O) groups is 2. The molecule has 0 aromatic heterocycles. The lowest BCUT2D eigenvalue weighted by Gasteiger charge is -2.43. The van der Waals surface area contributed by atoms with E-state index in [0.717, 1.165) is 62.5 Å². The van der Waals surface area contributed by atoms with E-state index in [2.05, 4.69) is 10.2 Å². The van der Waals surface area contributed by atoms with E-state index in [1.807, 2.05) is 48.5 Å². The quantitative estimate of drug-likeness (QED) is 0.742. The Morgan fingerprint density at radius 3 is 2.45 bits per heavy atom. The van der Waals surface area contributed by atoms with Gasteiger partial charge in [0.05, 0.1) is 25.2 Å². The van der Waals surface area contributed by atoms with Crippen LogP contribution in [0.1, 0.15) is 24.8 Å². The Bertz CT molecular complexity index is 937. The van der Waals surface area contributed by atoms with Gasteiger partial charge in [-0.25, -0.2) is 0 Å². The van der Waals surface area contributed by atoms with Gasteiger partial charge in [0.2, 0.25) is 11.8 Å². The highest BCUT2D eigenvalue weighted by Crippen LogP contribution is 2.45. The third kappa shape index (κ3) is 4.70. The van der Waals surface area contributed by atoms with Gasteiger partial charge in [-0.15, -0.1) is 0 Å². The highest BCUT2D eigenvalue weighted by atomic mass is 35.5. The van der Waals surface area contributed by atoms with Gasteiger partial charge in [-0.1, -0.05) is 30.2 Å². The molecule has 7 heteroatoms. The Hall–Kier alpha value is -2.57. The molecule has 2 aromatic carbocycles. The molecule has 0 spiro atoms. The number of ether oxygens (including phenoxy) is 1. The number of carbonyl (C=O) groups excluding carboxylic acids is 2. The van der Waals surface area contributed by atoms with Crippen molar-refractivity contribution in [3.63, 3.8) is 0 Å².